The fourth-order valence-corrected chi connectivity index (χ4v) is 2.32. The van der Waals surface area contributed by atoms with E-state index < -0.39 is 0 Å². The number of rotatable bonds is 5. The molecule has 0 bridgehead atoms. The van der Waals surface area contributed by atoms with Crippen molar-refractivity contribution < 1.29 is 9.53 Å². The summed E-state index contributed by atoms with van der Waals surface area (Å²) in [5, 5.41) is 6.59. The Labute approximate surface area is 118 Å². The molecule has 1 atom stereocenters. The van der Waals surface area contributed by atoms with Crippen LogP contribution in [0.3, 0.4) is 0 Å². The Kier molecular flexibility index (Phi) is 5.63. The molecule has 1 aliphatic heterocycles. The van der Waals surface area contributed by atoms with Crippen molar-refractivity contribution in [2.75, 3.05) is 31.6 Å². The first-order valence-electron chi connectivity index (χ1n) is 6.58. The molecule has 1 saturated heterocycles. The van der Waals surface area contributed by atoms with E-state index in [4.69, 9.17) is 16.3 Å². The summed E-state index contributed by atoms with van der Waals surface area (Å²) >= 11 is 5.96. The summed E-state index contributed by atoms with van der Waals surface area (Å²) in [5.74, 6) is 0.346. The first-order chi connectivity index (χ1) is 9.25. The lowest BCUT2D eigenvalue weighted by molar-refractivity contribution is -0.121. The monoisotopic (exact) mass is 282 g/mol. The highest BCUT2D eigenvalue weighted by molar-refractivity contribution is 6.33. The van der Waals surface area contributed by atoms with Gasteiger partial charge in [-0.15, -0.1) is 0 Å². The van der Waals surface area contributed by atoms with Gasteiger partial charge in [0.2, 0.25) is 5.91 Å². The van der Waals surface area contributed by atoms with Gasteiger partial charge in [-0.2, -0.15) is 0 Å². The molecule has 4 nitrogen and oxygen atoms in total. The molecule has 2 N–H and O–H groups in total. The molecule has 1 aliphatic rings. The maximum absolute atomic E-state index is 11.7. The molecule has 1 aromatic rings. The Morgan fingerprint density at radius 3 is 3.05 bits per heavy atom. The van der Waals surface area contributed by atoms with Crippen LogP contribution in [0.2, 0.25) is 5.02 Å². The van der Waals surface area contributed by atoms with Crippen molar-refractivity contribution in [1.29, 1.82) is 0 Å². The van der Waals surface area contributed by atoms with Gasteiger partial charge in [0.25, 0.3) is 0 Å². The van der Waals surface area contributed by atoms with Crippen LogP contribution < -0.4 is 10.6 Å². The third-order valence-electron chi connectivity index (χ3n) is 3.13. The van der Waals surface area contributed by atoms with Crippen LogP contribution in [0.1, 0.15) is 12.8 Å². The summed E-state index contributed by atoms with van der Waals surface area (Å²) in [6, 6.07) is 7.16. The molecule has 1 aromatic carbocycles. The second-order valence-electron chi connectivity index (χ2n) is 4.76. The molecule has 1 unspecified atom stereocenters. The SMILES string of the molecule is O=C(COCC1CCCNC1)Nc1ccccc1Cl. The molecule has 104 valence electrons. The minimum absolute atomic E-state index is 0.0712. The predicted octanol–water partition coefficient (Wildman–Crippen LogP) is 2.29. The smallest absolute Gasteiger partial charge is 0.250 e. The Bertz CT molecular complexity index is 420. The first kappa shape index (κ1) is 14.3. The second-order valence-corrected chi connectivity index (χ2v) is 5.16. The van der Waals surface area contributed by atoms with Crippen molar-refractivity contribution >= 4 is 23.2 Å². The average molecular weight is 283 g/mol. The lowest BCUT2D eigenvalue weighted by atomic mass is 10.0. The Hall–Kier alpha value is -1.10. The number of hydrogen-bond donors (Lipinski definition) is 2. The molecular formula is C14H19ClN2O2. The number of anilines is 1. The quantitative estimate of drug-likeness (QED) is 0.871. The molecule has 2 rings (SSSR count). The third-order valence-corrected chi connectivity index (χ3v) is 3.46. The van der Waals surface area contributed by atoms with Gasteiger partial charge in [-0.3, -0.25) is 4.79 Å². The number of para-hydroxylation sites is 1. The molecule has 5 heteroatoms. The molecular weight excluding hydrogens is 264 g/mol. The Morgan fingerprint density at radius 1 is 1.47 bits per heavy atom. The standard InChI is InChI=1S/C14H19ClN2O2/c15-12-5-1-2-6-13(12)17-14(18)10-19-9-11-4-3-7-16-8-11/h1-2,5-6,11,16H,3-4,7-10H2,(H,17,18). The van der Waals surface area contributed by atoms with E-state index in [2.05, 4.69) is 10.6 Å². The molecule has 0 saturated carbocycles. The van der Waals surface area contributed by atoms with Gasteiger partial charge in [-0.25, -0.2) is 0 Å². The highest BCUT2D eigenvalue weighted by Crippen LogP contribution is 2.20. The van der Waals surface area contributed by atoms with Gasteiger partial charge in [0.1, 0.15) is 6.61 Å². The van der Waals surface area contributed by atoms with E-state index in [-0.39, 0.29) is 12.5 Å². The summed E-state index contributed by atoms with van der Waals surface area (Å²) in [6.45, 7) is 2.76. The molecule has 1 amide bonds. The van der Waals surface area contributed by atoms with Crippen molar-refractivity contribution in [3.63, 3.8) is 0 Å². The third kappa shape index (κ3) is 4.82. The van der Waals surface area contributed by atoms with Crippen LogP contribution in [0.5, 0.6) is 0 Å². The highest BCUT2D eigenvalue weighted by atomic mass is 35.5. The van der Waals surface area contributed by atoms with Gasteiger partial charge < -0.3 is 15.4 Å². The number of amides is 1. The van der Waals surface area contributed by atoms with E-state index in [9.17, 15) is 4.79 Å². The first-order valence-corrected chi connectivity index (χ1v) is 6.96. The molecule has 19 heavy (non-hydrogen) atoms. The maximum Gasteiger partial charge on any atom is 0.250 e. The summed E-state index contributed by atoms with van der Waals surface area (Å²) in [5.41, 5.74) is 0.622. The van der Waals surface area contributed by atoms with Gasteiger partial charge in [0.15, 0.2) is 0 Å². The molecule has 0 spiro atoms. The van der Waals surface area contributed by atoms with Crippen LogP contribution >= 0.6 is 11.6 Å². The normalized spacial score (nSPS) is 19.1. The fraction of sp³-hybridized carbons (Fsp3) is 0.500. The van der Waals surface area contributed by atoms with Crippen molar-refractivity contribution in [2.24, 2.45) is 5.92 Å². The van der Waals surface area contributed by atoms with Crippen LogP contribution in [0.25, 0.3) is 0 Å². The topological polar surface area (TPSA) is 50.4 Å². The summed E-state index contributed by atoms with van der Waals surface area (Å²) in [7, 11) is 0. The van der Waals surface area contributed by atoms with Crippen LogP contribution in [0, 0.1) is 5.92 Å². The highest BCUT2D eigenvalue weighted by Gasteiger charge is 2.13. The average Bonchev–Trinajstić information content (AvgIpc) is 2.43. The largest absolute Gasteiger partial charge is 0.371 e. The van der Waals surface area contributed by atoms with Gasteiger partial charge >= 0.3 is 0 Å². The van der Waals surface area contributed by atoms with Crippen LogP contribution in [0.15, 0.2) is 24.3 Å². The summed E-state index contributed by atoms with van der Waals surface area (Å²) in [4.78, 5) is 11.7. The number of benzene rings is 1. The lowest BCUT2D eigenvalue weighted by Gasteiger charge is -2.22. The van der Waals surface area contributed by atoms with E-state index in [0.717, 1.165) is 13.1 Å². The van der Waals surface area contributed by atoms with Gasteiger partial charge in [-0.1, -0.05) is 23.7 Å². The molecule has 0 radical (unpaired) electrons. The number of halogens is 1. The van der Waals surface area contributed by atoms with Crippen molar-refractivity contribution in [3.8, 4) is 0 Å². The Balaban J connectivity index is 1.68. The van der Waals surface area contributed by atoms with Crippen molar-refractivity contribution in [1.82, 2.24) is 5.32 Å². The number of ether oxygens (including phenoxy) is 1. The lowest BCUT2D eigenvalue weighted by Crippen LogP contribution is -2.33. The zero-order valence-electron chi connectivity index (χ0n) is 10.8. The number of piperidine rings is 1. The van der Waals surface area contributed by atoms with E-state index >= 15 is 0 Å². The molecule has 0 aromatic heterocycles. The zero-order valence-corrected chi connectivity index (χ0v) is 11.6. The molecule has 1 fully saturated rings. The number of hydrogen-bond acceptors (Lipinski definition) is 3. The minimum atomic E-state index is -0.170. The minimum Gasteiger partial charge on any atom is -0.371 e. The zero-order chi connectivity index (χ0) is 13.5. The van der Waals surface area contributed by atoms with E-state index in [1.165, 1.54) is 12.8 Å². The van der Waals surface area contributed by atoms with Gasteiger partial charge in [-0.05, 0) is 37.4 Å². The molecule has 0 aliphatic carbocycles. The number of carbonyl (C=O) groups is 1. The fourth-order valence-electron chi connectivity index (χ4n) is 2.13. The predicted molar refractivity (Wildman–Crippen MR) is 76.5 cm³/mol. The van der Waals surface area contributed by atoms with Crippen LogP contribution in [0.4, 0.5) is 5.69 Å². The van der Waals surface area contributed by atoms with E-state index in [1.54, 1.807) is 12.1 Å². The number of nitrogens with one attached hydrogen (secondary N) is 2. The van der Waals surface area contributed by atoms with Crippen LogP contribution in [-0.4, -0.2) is 32.2 Å². The van der Waals surface area contributed by atoms with Crippen molar-refractivity contribution in [3.05, 3.63) is 29.3 Å². The number of carbonyl (C=O) groups excluding carboxylic acids is 1. The van der Waals surface area contributed by atoms with E-state index in [1.807, 2.05) is 12.1 Å². The Morgan fingerprint density at radius 2 is 2.32 bits per heavy atom. The van der Waals surface area contributed by atoms with Gasteiger partial charge in [0.05, 0.1) is 17.3 Å². The maximum atomic E-state index is 11.7. The molecule has 1 heterocycles. The summed E-state index contributed by atoms with van der Waals surface area (Å²) in [6.07, 6.45) is 2.35. The van der Waals surface area contributed by atoms with Crippen molar-refractivity contribution in [2.45, 2.75) is 12.8 Å². The van der Waals surface area contributed by atoms with Gasteiger partial charge in [0, 0.05) is 6.54 Å². The second kappa shape index (κ2) is 7.48. The van der Waals surface area contributed by atoms with E-state index in [0.29, 0.717) is 23.2 Å². The van der Waals surface area contributed by atoms with Crippen LogP contribution in [-0.2, 0) is 9.53 Å². The summed E-state index contributed by atoms with van der Waals surface area (Å²) < 4.78 is 5.45.